The average Bonchev–Trinajstić information content (AvgIpc) is 3.13. The first-order chi connectivity index (χ1) is 9.78. The summed E-state index contributed by atoms with van der Waals surface area (Å²) in [5.41, 5.74) is 1.58. The van der Waals surface area contributed by atoms with Crippen LogP contribution in [0, 0.1) is 0 Å². The first-order valence-electron chi connectivity index (χ1n) is 8.29. The van der Waals surface area contributed by atoms with Crippen molar-refractivity contribution in [3.8, 4) is 0 Å². The molecule has 1 saturated carbocycles. The zero-order valence-electron chi connectivity index (χ0n) is 13.3. The fourth-order valence-corrected chi connectivity index (χ4v) is 3.97. The third-order valence-corrected chi connectivity index (χ3v) is 4.87. The molecule has 1 aliphatic carbocycles. The maximum absolute atomic E-state index is 5.37. The van der Waals surface area contributed by atoms with Gasteiger partial charge in [0.2, 0.25) is 0 Å². The molecule has 1 aliphatic rings. The summed E-state index contributed by atoms with van der Waals surface area (Å²) in [5.74, 6) is 0. The van der Waals surface area contributed by atoms with E-state index in [0.717, 1.165) is 19.6 Å². The van der Waals surface area contributed by atoms with E-state index in [1.807, 2.05) is 6.26 Å². The third-order valence-electron chi connectivity index (χ3n) is 4.87. The smallest absolute Gasteiger partial charge is 0.0951 e. The Morgan fingerprint density at radius 2 is 1.95 bits per heavy atom. The van der Waals surface area contributed by atoms with Crippen LogP contribution >= 0.6 is 0 Å². The quantitative estimate of drug-likeness (QED) is 0.780. The summed E-state index contributed by atoms with van der Waals surface area (Å²) in [6.45, 7) is 10.1. The van der Waals surface area contributed by atoms with Crippen molar-refractivity contribution in [2.75, 3.05) is 19.6 Å². The highest BCUT2D eigenvalue weighted by molar-refractivity contribution is 5.20. The highest BCUT2D eigenvalue weighted by atomic mass is 16.3. The molecule has 0 saturated heterocycles. The lowest BCUT2D eigenvalue weighted by atomic mass is 9.82. The number of nitrogens with zero attached hydrogens (tertiary/aromatic N) is 1. The summed E-state index contributed by atoms with van der Waals surface area (Å²) in [4.78, 5) is 2.67. The lowest BCUT2D eigenvalue weighted by Crippen LogP contribution is -2.55. The number of hydrogen-bond acceptors (Lipinski definition) is 3. The molecule has 3 heteroatoms. The second kappa shape index (κ2) is 7.28. The Bertz CT molecular complexity index is 364. The van der Waals surface area contributed by atoms with Gasteiger partial charge in [-0.1, -0.05) is 33.6 Å². The number of nitrogens with one attached hydrogen (secondary N) is 1. The van der Waals surface area contributed by atoms with Crippen LogP contribution in [0.25, 0.3) is 0 Å². The molecule has 3 nitrogen and oxygen atoms in total. The van der Waals surface area contributed by atoms with Gasteiger partial charge in [-0.15, -0.1) is 0 Å². The third kappa shape index (κ3) is 2.94. The molecule has 2 rings (SSSR count). The largest absolute Gasteiger partial charge is 0.472 e. The van der Waals surface area contributed by atoms with Crippen molar-refractivity contribution in [2.45, 2.75) is 64.5 Å². The van der Waals surface area contributed by atoms with Crippen molar-refractivity contribution >= 4 is 0 Å². The molecular weight excluding hydrogens is 248 g/mol. The van der Waals surface area contributed by atoms with Gasteiger partial charge in [0.15, 0.2) is 0 Å². The molecule has 0 amide bonds. The molecule has 1 atom stereocenters. The van der Waals surface area contributed by atoms with Crippen LogP contribution in [0.4, 0.5) is 0 Å². The lowest BCUT2D eigenvalue weighted by Gasteiger charge is -2.46. The van der Waals surface area contributed by atoms with Crippen LogP contribution in [-0.4, -0.2) is 30.1 Å². The van der Waals surface area contributed by atoms with Crippen LogP contribution in [0.3, 0.4) is 0 Å². The first kappa shape index (κ1) is 15.6. The van der Waals surface area contributed by atoms with Crippen LogP contribution in [0.5, 0.6) is 0 Å². The topological polar surface area (TPSA) is 28.4 Å². The first-order valence-corrected chi connectivity index (χ1v) is 8.29. The molecule has 0 radical (unpaired) electrons. The predicted octanol–water partition coefficient (Wildman–Crippen LogP) is 3.97. The van der Waals surface area contributed by atoms with E-state index in [0.29, 0.717) is 6.04 Å². The van der Waals surface area contributed by atoms with E-state index in [4.69, 9.17) is 4.42 Å². The molecule has 114 valence electrons. The van der Waals surface area contributed by atoms with E-state index < -0.39 is 0 Å². The van der Waals surface area contributed by atoms with Gasteiger partial charge in [0.25, 0.3) is 0 Å². The van der Waals surface area contributed by atoms with Crippen LogP contribution in [0.15, 0.2) is 23.0 Å². The van der Waals surface area contributed by atoms with Crippen molar-refractivity contribution in [2.24, 2.45) is 0 Å². The van der Waals surface area contributed by atoms with Gasteiger partial charge in [-0.2, -0.15) is 0 Å². The minimum Gasteiger partial charge on any atom is -0.472 e. The predicted molar refractivity (Wildman–Crippen MR) is 83.9 cm³/mol. The molecule has 0 spiro atoms. The zero-order valence-corrected chi connectivity index (χ0v) is 13.3. The summed E-state index contributed by atoms with van der Waals surface area (Å²) in [7, 11) is 0. The van der Waals surface area contributed by atoms with E-state index >= 15 is 0 Å². The summed E-state index contributed by atoms with van der Waals surface area (Å²) in [6.07, 6.45) is 10.2. The van der Waals surface area contributed by atoms with Gasteiger partial charge >= 0.3 is 0 Å². The molecule has 1 fully saturated rings. The standard InChI is InChI=1S/C17H30N2O/c1-4-12-18-16(15-9-13-20-14-15)17(10-7-8-11-17)19(5-2)6-3/h9,13-14,16,18H,4-8,10-12H2,1-3H3. The molecule has 0 aromatic carbocycles. The van der Waals surface area contributed by atoms with E-state index in [1.165, 1.54) is 37.7 Å². The lowest BCUT2D eigenvalue weighted by molar-refractivity contribution is 0.0624. The molecule has 1 unspecified atom stereocenters. The van der Waals surface area contributed by atoms with Gasteiger partial charge in [0.05, 0.1) is 18.6 Å². The fourth-order valence-electron chi connectivity index (χ4n) is 3.97. The Hall–Kier alpha value is -0.800. The molecule has 1 N–H and O–H groups in total. The molecule has 1 aromatic rings. The Morgan fingerprint density at radius 1 is 1.25 bits per heavy atom. The number of furan rings is 1. The SMILES string of the molecule is CCCNC(c1ccoc1)C1(N(CC)CC)CCCC1. The highest BCUT2D eigenvalue weighted by Crippen LogP contribution is 2.44. The maximum atomic E-state index is 5.37. The molecule has 0 bridgehead atoms. The van der Waals surface area contributed by atoms with Crippen molar-refractivity contribution in [1.29, 1.82) is 0 Å². The minimum absolute atomic E-state index is 0.266. The maximum Gasteiger partial charge on any atom is 0.0951 e. The van der Waals surface area contributed by atoms with E-state index in [9.17, 15) is 0 Å². The Balaban J connectivity index is 2.31. The van der Waals surface area contributed by atoms with Gasteiger partial charge in [0.1, 0.15) is 0 Å². The zero-order chi connectivity index (χ0) is 14.4. The van der Waals surface area contributed by atoms with Crippen molar-refractivity contribution in [3.63, 3.8) is 0 Å². The number of likely N-dealkylation sites (N-methyl/N-ethyl adjacent to an activating group) is 1. The number of rotatable bonds is 8. The van der Waals surface area contributed by atoms with Crippen molar-refractivity contribution in [1.82, 2.24) is 10.2 Å². The molecule has 0 aliphatic heterocycles. The fraction of sp³-hybridized carbons (Fsp3) is 0.765. The molecular formula is C17H30N2O. The molecule has 1 aromatic heterocycles. The number of hydrogen-bond donors (Lipinski definition) is 1. The van der Waals surface area contributed by atoms with Crippen LogP contribution in [0.2, 0.25) is 0 Å². The van der Waals surface area contributed by atoms with Crippen LogP contribution in [-0.2, 0) is 0 Å². The summed E-state index contributed by atoms with van der Waals surface area (Å²) in [6, 6.07) is 2.53. The van der Waals surface area contributed by atoms with Crippen molar-refractivity contribution in [3.05, 3.63) is 24.2 Å². The average molecular weight is 278 g/mol. The van der Waals surface area contributed by atoms with Gasteiger partial charge in [-0.05, 0) is 45.0 Å². The summed E-state index contributed by atoms with van der Waals surface area (Å²) in [5, 5.41) is 3.80. The van der Waals surface area contributed by atoms with E-state index in [-0.39, 0.29) is 5.54 Å². The van der Waals surface area contributed by atoms with Gasteiger partial charge in [0, 0.05) is 11.1 Å². The van der Waals surface area contributed by atoms with Crippen LogP contribution < -0.4 is 5.32 Å². The Labute approximate surface area is 123 Å². The van der Waals surface area contributed by atoms with E-state index in [2.05, 4.69) is 37.1 Å². The monoisotopic (exact) mass is 278 g/mol. The minimum atomic E-state index is 0.266. The second-order valence-electron chi connectivity index (χ2n) is 5.93. The molecule has 20 heavy (non-hydrogen) atoms. The van der Waals surface area contributed by atoms with Gasteiger partial charge in [-0.25, -0.2) is 0 Å². The normalized spacial score (nSPS) is 19.6. The highest BCUT2D eigenvalue weighted by Gasteiger charge is 2.45. The Kier molecular flexibility index (Phi) is 5.67. The summed E-state index contributed by atoms with van der Waals surface area (Å²) >= 11 is 0. The Morgan fingerprint density at radius 3 is 2.45 bits per heavy atom. The van der Waals surface area contributed by atoms with E-state index in [1.54, 1.807) is 6.26 Å². The van der Waals surface area contributed by atoms with Crippen molar-refractivity contribution < 1.29 is 4.42 Å². The van der Waals surface area contributed by atoms with Gasteiger partial charge in [-0.3, -0.25) is 4.90 Å². The summed E-state index contributed by atoms with van der Waals surface area (Å²) < 4.78 is 5.37. The second-order valence-corrected chi connectivity index (χ2v) is 5.93. The van der Waals surface area contributed by atoms with Crippen LogP contribution in [0.1, 0.15) is 64.5 Å². The van der Waals surface area contributed by atoms with Gasteiger partial charge < -0.3 is 9.73 Å². The molecule has 1 heterocycles.